The fraction of sp³-hybridized carbons (Fsp3) is 0.800. The minimum absolute atomic E-state index is 0.743. The number of hydrogen-bond donors (Lipinski definition) is 0. The van der Waals surface area contributed by atoms with Crippen LogP contribution in [0.4, 0.5) is 0 Å². The van der Waals surface area contributed by atoms with Gasteiger partial charge in [0.1, 0.15) is 0 Å². The largest absolute Gasteiger partial charge is 0.167 e. The van der Waals surface area contributed by atoms with Crippen molar-refractivity contribution in [2.75, 3.05) is 6.54 Å². The van der Waals surface area contributed by atoms with Gasteiger partial charge in [-0.15, -0.1) is 5.10 Å². The van der Waals surface area contributed by atoms with E-state index >= 15 is 0 Å². The van der Waals surface area contributed by atoms with Gasteiger partial charge in [-0.2, -0.15) is 5.11 Å². The molecule has 5 heteroatoms. The highest BCUT2D eigenvalue weighted by Crippen LogP contribution is 1.96. The second-order valence-corrected chi connectivity index (χ2v) is 1.93. The molecule has 0 bridgehead atoms. The van der Waals surface area contributed by atoms with Crippen LogP contribution in [0.5, 0.6) is 0 Å². The highest BCUT2D eigenvalue weighted by Gasteiger charge is 1.85. The van der Waals surface area contributed by atoms with Crippen LogP contribution in [0.15, 0.2) is 25.9 Å². The summed E-state index contributed by atoms with van der Waals surface area (Å²) in [6.07, 6.45) is 4.84. The fourth-order valence-corrected chi connectivity index (χ4v) is 0.626. The summed E-state index contributed by atoms with van der Waals surface area (Å²) in [4.78, 5) is 0. The zero-order valence-electron chi connectivity index (χ0n) is 5.64. The monoisotopic (exact) mass is 139 g/mol. The van der Waals surface area contributed by atoms with Crippen molar-refractivity contribution >= 4 is 6.21 Å². The summed E-state index contributed by atoms with van der Waals surface area (Å²) in [5, 5.41) is 17.4. The van der Waals surface area contributed by atoms with E-state index in [9.17, 15) is 0 Å². The zero-order chi connectivity index (χ0) is 7.07. The maximum absolute atomic E-state index is 3.72. The second kappa shape index (κ2) is 4.72. The average Bonchev–Trinajstić information content (AvgIpc) is 2.01. The van der Waals surface area contributed by atoms with Gasteiger partial charge in [0.2, 0.25) is 0 Å². The molecule has 0 aromatic rings. The summed E-state index contributed by atoms with van der Waals surface area (Å²) in [5.74, 6) is 0. The lowest BCUT2D eigenvalue weighted by molar-refractivity contribution is 0.720. The molecular weight excluding hydrogens is 130 g/mol. The standard InChI is InChI=1S/C5H9N5/c1-2-4-6-8-10-9-7-5-3-1/h4H,1-3,5H2/b6-4?,9-7?,10-8+. The third-order valence-electron chi connectivity index (χ3n) is 1.12. The van der Waals surface area contributed by atoms with Crippen LogP contribution in [0.2, 0.25) is 0 Å². The number of nitrogens with zero attached hydrogens (tertiary/aromatic N) is 5. The Hall–Kier alpha value is -1.13. The van der Waals surface area contributed by atoms with Gasteiger partial charge in [-0.05, 0) is 34.9 Å². The molecule has 0 unspecified atom stereocenters. The molecule has 0 aromatic heterocycles. The Kier molecular flexibility index (Phi) is 3.30. The van der Waals surface area contributed by atoms with E-state index in [1.807, 2.05) is 0 Å². The first-order chi connectivity index (χ1) is 5.00. The molecule has 0 atom stereocenters. The lowest BCUT2D eigenvalue weighted by atomic mass is 10.2. The lowest BCUT2D eigenvalue weighted by Gasteiger charge is -1.90. The Morgan fingerprint density at radius 2 is 2.00 bits per heavy atom. The van der Waals surface area contributed by atoms with Gasteiger partial charge in [0.15, 0.2) is 0 Å². The minimum Gasteiger partial charge on any atom is -0.167 e. The summed E-state index contributed by atoms with van der Waals surface area (Å²) in [7, 11) is 0. The van der Waals surface area contributed by atoms with Crippen molar-refractivity contribution in [2.24, 2.45) is 25.9 Å². The van der Waals surface area contributed by atoms with Crippen LogP contribution in [0.3, 0.4) is 0 Å². The van der Waals surface area contributed by atoms with Crippen LogP contribution in [0.25, 0.3) is 0 Å². The maximum atomic E-state index is 3.72. The van der Waals surface area contributed by atoms with Crippen molar-refractivity contribution in [1.82, 2.24) is 0 Å². The van der Waals surface area contributed by atoms with Crippen LogP contribution in [0.1, 0.15) is 19.3 Å². The van der Waals surface area contributed by atoms with Gasteiger partial charge in [-0.25, -0.2) is 0 Å². The van der Waals surface area contributed by atoms with E-state index in [0.717, 1.165) is 25.8 Å². The van der Waals surface area contributed by atoms with Crippen LogP contribution in [0, 0.1) is 0 Å². The van der Waals surface area contributed by atoms with Crippen molar-refractivity contribution in [3.05, 3.63) is 0 Å². The Labute approximate surface area is 58.9 Å². The highest BCUT2D eigenvalue weighted by molar-refractivity contribution is 5.56. The van der Waals surface area contributed by atoms with Crippen molar-refractivity contribution in [3.8, 4) is 0 Å². The van der Waals surface area contributed by atoms with Crippen molar-refractivity contribution in [2.45, 2.75) is 19.3 Å². The van der Waals surface area contributed by atoms with Gasteiger partial charge in [-0.1, -0.05) is 0 Å². The van der Waals surface area contributed by atoms with E-state index < -0.39 is 0 Å². The molecule has 0 N–H and O–H groups in total. The first kappa shape index (κ1) is 6.98. The smallest absolute Gasteiger partial charge is 0.0621 e. The number of hydrogen-bond acceptors (Lipinski definition) is 5. The van der Waals surface area contributed by atoms with Gasteiger partial charge in [-0.3, -0.25) is 0 Å². The first-order valence-corrected chi connectivity index (χ1v) is 3.28. The molecule has 1 aliphatic rings. The Balaban J connectivity index is 2.40. The van der Waals surface area contributed by atoms with Gasteiger partial charge in [0.05, 0.1) is 6.54 Å². The van der Waals surface area contributed by atoms with E-state index in [-0.39, 0.29) is 0 Å². The first-order valence-electron chi connectivity index (χ1n) is 3.28. The second-order valence-electron chi connectivity index (χ2n) is 1.93. The highest BCUT2D eigenvalue weighted by atomic mass is 15.5. The third kappa shape index (κ3) is 3.01. The Bertz CT molecular complexity index is 141. The summed E-state index contributed by atoms with van der Waals surface area (Å²) in [6.45, 7) is 0.743. The molecule has 5 nitrogen and oxygen atoms in total. The molecule has 0 amide bonds. The molecule has 0 saturated carbocycles. The molecule has 1 aliphatic heterocycles. The fourth-order valence-electron chi connectivity index (χ4n) is 0.626. The van der Waals surface area contributed by atoms with Gasteiger partial charge in [0.25, 0.3) is 0 Å². The molecule has 54 valence electrons. The van der Waals surface area contributed by atoms with Crippen molar-refractivity contribution < 1.29 is 0 Å². The SMILES string of the molecule is C1=N/N=N/N=NCCCC1. The van der Waals surface area contributed by atoms with Crippen LogP contribution in [-0.2, 0) is 0 Å². The van der Waals surface area contributed by atoms with Gasteiger partial charge >= 0.3 is 0 Å². The average molecular weight is 139 g/mol. The predicted molar refractivity (Wildman–Crippen MR) is 36.9 cm³/mol. The van der Waals surface area contributed by atoms with Gasteiger partial charge in [0, 0.05) is 6.21 Å². The Morgan fingerprint density at radius 3 is 3.00 bits per heavy atom. The molecule has 10 heavy (non-hydrogen) atoms. The lowest BCUT2D eigenvalue weighted by Crippen LogP contribution is -1.82. The molecule has 0 spiro atoms. The van der Waals surface area contributed by atoms with Crippen molar-refractivity contribution in [1.29, 1.82) is 0 Å². The summed E-state index contributed by atoms with van der Waals surface area (Å²) >= 11 is 0. The molecular formula is C5H9N5. The molecule has 0 fully saturated rings. The van der Waals surface area contributed by atoms with Gasteiger partial charge < -0.3 is 0 Å². The number of rotatable bonds is 0. The normalized spacial score (nSPS) is 22.4. The summed E-state index contributed by atoms with van der Waals surface area (Å²) in [5.41, 5.74) is 0. The van der Waals surface area contributed by atoms with E-state index in [0.29, 0.717) is 0 Å². The maximum Gasteiger partial charge on any atom is 0.0621 e. The van der Waals surface area contributed by atoms with E-state index in [2.05, 4.69) is 25.9 Å². The summed E-state index contributed by atoms with van der Waals surface area (Å²) < 4.78 is 0. The van der Waals surface area contributed by atoms with E-state index in [1.54, 1.807) is 6.21 Å². The van der Waals surface area contributed by atoms with Crippen molar-refractivity contribution in [3.63, 3.8) is 0 Å². The quantitative estimate of drug-likeness (QED) is 0.492. The Morgan fingerprint density at radius 1 is 1.00 bits per heavy atom. The minimum atomic E-state index is 0.743. The van der Waals surface area contributed by atoms with Crippen LogP contribution in [-0.4, -0.2) is 12.8 Å². The molecule has 0 aromatic carbocycles. The van der Waals surface area contributed by atoms with E-state index in [1.165, 1.54) is 0 Å². The topological polar surface area (TPSA) is 61.8 Å². The van der Waals surface area contributed by atoms with Crippen LogP contribution >= 0.6 is 0 Å². The molecule has 0 saturated heterocycles. The zero-order valence-corrected chi connectivity index (χ0v) is 5.64. The molecule has 0 radical (unpaired) electrons. The van der Waals surface area contributed by atoms with E-state index in [4.69, 9.17) is 0 Å². The molecule has 0 aliphatic carbocycles. The van der Waals surface area contributed by atoms with Crippen LogP contribution < -0.4 is 0 Å². The summed E-state index contributed by atoms with van der Waals surface area (Å²) in [6, 6.07) is 0. The molecule has 1 heterocycles. The predicted octanol–water partition coefficient (Wildman–Crippen LogP) is 1.98. The molecule has 1 rings (SSSR count). The third-order valence-corrected chi connectivity index (χ3v) is 1.12.